The second kappa shape index (κ2) is 4.76. The number of hydrogen-bond donors (Lipinski definition) is 1. The quantitative estimate of drug-likeness (QED) is 0.755. The molecule has 0 aromatic carbocycles. The summed E-state index contributed by atoms with van der Waals surface area (Å²) in [5.41, 5.74) is 0.199. The zero-order valence-corrected chi connectivity index (χ0v) is 14.5. The van der Waals surface area contributed by atoms with Crippen LogP contribution in [0, 0.1) is 22.2 Å². The third-order valence-electron chi connectivity index (χ3n) is 6.82. The molecule has 0 aliphatic heterocycles. The summed E-state index contributed by atoms with van der Waals surface area (Å²) < 4.78 is 0. The normalized spacial score (nSPS) is 42.3. The summed E-state index contributed by atoms with van der Waals surface area (Å²) in [6.45, 7) is 11.7. The fourth-order valence-corrected chi connectivity index (χ4v) is 4.89. The Morgan fingerprint density at radius 1 is 1.26 bits per heavy atom. The van der Waals surface area contributed by atoms with E-state index in [0.29, 0.717) is 12.2 Å². The molecule has 3 nitrogen and oxygen atoms in total. The first kappa shape index (κ1) is 16.4. The summed E-state index contributed by atoms with van der Waals surface area (Å²) in [5.74, 6) is 0.374. The molecule has 23 heavy (non-hydrogen) atoms. The highest BCUT2D eigenvalue weighted by atomic mass is 16.3. The molecule has 0 saturated heterocycles. The van der Waals surface area contributed by atoms with Crippen molar-refractivity contribution in [1.82, 2.24) is 0 Å². The van der Waals surface area contributed by atoms with Crippen LogP contribution >= 0.6 is 0 Å². The van der Waals surface area contributed by atoms with Crippen LogP contribution in [0.1, 0.15) is 47.0 Å². The molecule has 1 fully saturated rings. The van der Waals surface area contributed by atoms with Gasteiger partial charge in [0.25, 0.3) is 0 Å². The van der Waals surface area contributed by atoms with Gasteiger partial charge in [0.05, 0.1) is 11.5 Å². The molecule has 3 aliphatic carbocycles. The molecular weight excluding hydrogens is 288 g/mol. The van der Waals surface area contributed by atoms with E-state index in [-0.39, 0.29) is 17.1 Å². The Morgan fingerprint density at radius 3 is 2.52 bits per heavy atom. The third kappa shape index (κ3) is 1.92. The van der Waals surface area contributed by atoms with Gasteiger partial charge in [0.15, 0.2) is 5.78 Å². The first-order chi connectivity index (χ1) is 10.6. The number of carbonyl (C=O) groups excluding carboxylic acids is 2. The second-order valence-electron chi connectivity index (χ2n) is 8.32. The van der Waals surface area contributed by atoms with Crippen LogP contribution < -0.4 is 0 Å². The molecule has 0 unspecified atom stereocenters. The molecule has 124 valence electrons. The Bertz CT molecular complexity index is 666. The van der Waals surface area contributed by atoms with E-state index < -0.39 is 16.9 Å². The Balaban J connectivity index is 2.16. The summed E-state index contributed by atoms with van der Waals surface area (Å²) in [5, 5.41) is 10.8. The van der Waals surface area contributed by atoms with Crippen LogP contribution in [0.5, 0.6) is 0 Å². The lowest BCUT2D eigenvalue weighted by molar-refractivity contribution is -0.138. The number of aliphatic hydroxyl groups excluding tert-OH is 1. The average molecular weight is 314 g/mol. The molecule has 0 aromatic rings. The van der Waals surface area contributed by atoms with Gasteiger partial charge in [-0.25, -0.2) is 0 Å². The first-order valence-electron chi connectivity index (χ1n) is 8.41. The molecule has 0 heterocycles. The highest BCUT2D eigenvalue weighted by Crippen LogP contribution is 2.60. The average Bonchev–Trinajstić information content (AvgIpc) is 2.50. The minimum atomic E-state index is -0.960. The van der Waals surface area contributed by atoms with E-state index >= 15 is 0 Å². The molecule has 3 rings (SSSR count). The molecule has 3 aliphatic rings. The second-order valence-corrected chi connectivity index (χ2v) is 8.32. The summed E-state index contributed by atoms with van der Waals surface area (Å²) in [6.07, 6.45) is 6.49. The Kier molecular flexibility index (Phi) is 3.39. The zero-order chi connectivity index (χ0) is 17.2. The SMILES string of the molecule is C=C[C@@]1(C)C(=O)C=C2C(=CC[C@@H]3C(C)(C)C(=O)CC[C@@]23C)[C@@H]1O. The molecule has 0 aromatic heterocycles. The summed E-state index contributed by atoms with van der Waals surface area (Å²) in [7, 11) is 0. The number of rotatable bonds is 1. The van der Waals surface area contributed by atoms with Gasteiger partial charge in [0, 0.05) is 11.8 Å². The Labute approximate surface area is 138 Å². The van der Waals surface area contributed by atoms with Crippen molar-refractivity contribution in [2.45, 2.75) is 53.1 Å². The summed E-state index contributed by atoms with van der Waals surface area (Å²) in [6, 6.07) is 0. The maximum atomic E-state index is 12.7. The Morgan fingerprint density at radius 2 is 1.91 bits per heavy atom. The minimum absolute atomic E-state index is 0.0938. The van der Waals surface area contributed by atoms with E-state index in [0.717, 1.165) is 24.0 Å². The fourth-order valence-electron chi connectivity index (χ4n) is 4.89. The van der Waals surface area contributed by atoms with E-state index in [1.54, 1.807) is 19.1 Å². The highest BCUT2D eigenvalue weighted by molar-refractivity contribution is 6.00. The third-order valence-corrected chi connectivity index (χ3v) is 6.82. The smallest absolute Gasteiger partial charge is 0.168 e. The van der Waals surface area contributed by atoms with E-state index in [1.807, 2.05) is 19.9 Å². The van der Waals surface area contributed by atoms with Crippen molar-refractivity contribution in [1.29, 1.82) is 0 Å². The molecule has 0 amide bonds. The number of allylic oxidation sites excluding steroid dienone is 2. The van der Waals surface area contributed by atoms with Crippen molar-refractivity contribution in [2.24, 2.45) is 22.2 Å². The van der Waals surface area contributed by atoms with Gasteiger partial charge in [0.2, 0.25) is 0 Å². The number of Topliss-reactive ketones (excluding diaryl/α,β-unsaturated/α-hetero) is 1. The predicted molar refractivity (Wildman–Crippen MR) is 89.7 cm³/mol. The van der Waals surface area contributed by atoms with E-state index in [2.05, 4.69) is 13.5 Å². The predicted octanol–water partition coefficient (Wildman–Crippen LogP) is 3.39. The van der Waals surface area contributed by atoms with Crippen LogP contribution in [0.4, 0.5) is 0 Å². The van der Waals surface area contributed by atoms with E-state index in [9.17, 15) is 14.7 Å². The number of ketones is 2. The van der Waals surface area contributed by atoms with E-state index in [1.165, 1.54) is 0 Å². The maximum absolute atomic E-state index is 12.7. The lowest BCUT2D eigenvalue weighted by atomic mass is 9.48. The van der Waals surface area contributed by atoms with Crippen molar-refractivity contribution in [2.75, 3.05) is 0 Å². The van der Waals surface area contributed by atoms with Crippen LogP contribution in [-0.4, -0.2) is 22.8 Å². The van der Waals surface area contributed by atoms with Crippen molar-refractivity contribution in [3.63, 3.8) is 0 Å². The fraction of sp³-hybridized carbons (Fsp3) is 0.600. The number of carbonyl (C=O) groups is 2. The molecule has 0 spiro atoms. The maximum Gasteiger partial charge on any atom is 0.168 e. The van der Waals surface area contributed by atoms with Gasteiger partial charge in [-0.05, 0) is 48.3 Å². The number of aliphatic hydroxyl groups is 1. The molecule has 0 bridgehead atoms. The standard InChI is InChI=1S/C20H26O3/c1-6-19(4)16(22)11-13-12(17(19)23)7-8-14-18(2,3)15(21)9-10-20(13,14)5/h6-7,11,14,17,23H,1,8-10H2,2-5H3/t14-,17+,19+,20+/m1/s1. The molecule has 1 saturated carbocycles. The molecule has 0 radical (unpaired) electrons. The number of fused-ring (bicyclic) bond motifs is 3. The molecular formula is C20H26O3. The molecule has 3 heteroatoms. The first-order valence-corrected chi connectivity index (χ1v) is 8.41. The van der Waals surface area contributed by atoms with Gasteiger partial charge in [-0.3, -0.25) is 9.59 Å². The lowest BCUT2D eigenvalue weighted by Gasteiger charge is -2.55. The van der Waals surface area contributed by atoms with Crippen molar-refractivity contribution in [3.8, 4) is 0 Å². The van der Waals surface area contributed by atoms with Gasteiger partial charge in [-0.1, -0.05) is 32.9 Å². The van der Waals surface area contributed by atoms with Crippen LogP contribution in [0.2, 0.25) is 0 Å². The largest absolute Gasteiger partial charge is 0.387 e. The summed E-state index contributed by atoms with van der Waals surface area (Å²) >= 11 is 0. The van der Waals surface area contributed by atoms with Gasteiger partial charge in [-0.15, -0.1) is 6.58 Å². The van der Waals surface area contributed by atoms with Gasteiger partial charge >= 0.3 is 0 Å². The number of hydrogen-bond acceptors (Lipinski definition) is 3. The van der Waals surface area contributed by atoms with Crippen LogP contribution in [0.3, 0.4) is 0 Å². The van der Waals surface area contributed by atoms with Gasteiger partial charge in [0.1, 0.15) is 5.78 Å². The Hall–Kier alpha value is -1.48. The van der Waals surface area contributed by atoms with Gasteiger partial charge < -0.3 is 5.11 Å². The van der Waals surface area contributed by atoms with Crippen LogP contribution in [0.15, 0.2) is 36.0 Å². The topological polar surface area (TPSA) is 54.4 Å². The van der Waals surface area contributed by atoms with Crippen molar-refractivity contribution >= 4 is 11.6 Å². The zero-order valence-electron chi connectivity index (χ0n) is 14.5. The van der Waals surface area contributed by atoms with Crippen LogP contribution in [-0.2, 0) is 9.59 Å². The molecule has 1 N–H and O–H groups in total. The van der Waals surface area contributed by atoms with Crippen molar-refractivity contribution in [3.05, 3.63) is 36.0 Å². The highest BCUT2D eigenvalue weighted by Gasteiger charge is 2.57. The molecule has 4 atom stereocenters. The van der Waals surface area contributed by atoms with Gasteiger partial charge in [-0.2, -0.15) is 0 Å². The lowest BCUT2D eigenvalue weighted by Crippen LogP contribution is -2.53. The monoisotopic (exact) mass is 314 g/mol. The van der Waals surface area contributed by atoms with E-state index in [4.69, 9.17) is 0 Å². The minimum Gasteiger partial charge on any atom is -0.387 e. The summed E-state index contributed by atoms with van der Waals surface area (Å²) in [4.78, 5) is 25.0. The van der Waals surface area contributed by atoms with Crippen LogP contribution in [0.25, 0.3) is 0 Å². The van der Waals surface area contributed by atoms with Crippen molar-refractivity contribution < 1.29 is 14.7 Å².